The molecule has 1 aliphatic rings. The Morgan fingerprint density at radius 3 is 2.56 bits per heavy atom. The second kappa shape index (κ2) is 5.21. The lowest BCUT2D eigenvalue weighted by Crippen LogP contribution is -2.32. The largest absolute Gasteiger partial charge is 0.370 e. The molecule has 0 aromatic carbocycles. The minimum absolute atomic E-state index is 0.210. The van der Waals surface area contributed by atoms with Crippen molar-refractivity contribution in [2.45, 2.75) is 26.7 Å². The number of rotatable bonds is 2. The molecule has 1 fully saturated rings. The van der Waals surface area contributed by atoms with Gasteiger partial charge in [-0.15, -0.1) is 5.10 Å². The van der Waals surface area contributed by atoms with E-state index in [1.165, 1.54) is 0 Å². The first-order chi connectivity index (χ1) is 8.67. The lowest BCUT2D eigenvalue weighted by atomic mass is 9.97. The van der Waals surface area contributed by atoms with Crippen molar-refractivity contribution in [1.82, 2.24) is 19.9 Å². The molecular weight excluding hydrogens is 226 g/mol. The Kier molecular flexibility index (Phi) is 3.66. The van der Waals surface area contributed by atoms with Crippen LogP contribution in [0, 0.1) is 24.2 Å². The second-order valence-electron chi connectivity index (χ2n) is 4.71. The highest BCUT2D eigenvalue weighted by molar-refractivity contribution is 5.62. The van der Waals surface area contributed by atoms with Crippen molar-refractivity contribution in [3.05, 3.63) is 17.5 Å². The van der Waals surface area contributed by atoms with Crippen molar-refractivity contribution in [2.75, 3.05) is 13.1 Å². The molecule has 18 heavy (non-hydrogen) atoms. The van der Waals surface area contributed by atoms with E-state index in [0.717, 1.165) is 43.0 Å². The van der Waals surface area contributed by atoms with E-state index in [-0.39, 0.29) is 5.92 Å². The highest BCUT2D eigenvalue weighted by Crippen LogP contribution is 2.26. The van der Waals surface area contributed by atoms with Crippen LogP contribution < -0.4 is 0 Å². The van der Waals surface area contributed by atoms with Crippen LogP contribution in [0.2, 0.25) is 0 Å². The van der Waals surface area contributed by atoms with E-state index in [0.29, 0.717) is 0 Å². The Bertz CT molecular complexity index is 486. The number of hydrogen-bond donors (Lipinski definition) is 0. The lowest BCUT2D eigenvalue weighted by molar-refractivity contribution is 0.288. The van der Waals surface area contributed by atoms with Gasteiger partial charge in [-0.2, -0.15) is 5.26 Å². The Hall–Kier alpha value is -1.83. The molecule has 2 heterocycles. The third kappa shape index (κ3) is 2.23. The van der Waals surface area contributed by atoms with Gasteiger partial charge in [0.2, 0.25) is 0 Å². The molecule has 2 rings (SSSR count). The fraction of sp³-hybridized carbons (Fsp3) is 0.615. The Balaban J connectivity index is 2.17. The zero-order valence-corrected chi connectivity index (χ0v) is 11.2. The zero-order chi connectivity index (χ0) is 13.1. The average molecular weight is 245 g/mol. The third-order valence-electron chi connectivity index (χ3n) is 3.64. The summed E-state index contributed by atoms with van der Waals surface area (Å²) < 4.78 is 1.79. The normalized spacial score (nSPS) is 17.9. The van der Waals surface area contributed by atoms with Crippen molar-refractivity contribution >= 4 is 5.70 Å². The lowest BCUT2D eigenvalue weighted by Gasteiger charge is -2.32. The molecular formula is C13H19N5. The van der Waals surface area contributed by atoms with Gasteiger partial charge in [-0.1, -0.05) is 11.3 Å². The molecule has 1 saturated heterocycles. The van der Waals surface area contributed by atoms with Crippen molar-refractivity contribution in [3.8, 4) is 6.07 Å². The van der Waals surface area contributed by atoms with E-state index in [4.69, 9.17) is 5.26 Å². The van der Waals surface area contributed by atoms with Crippen LogP contribution in [0.3, 0.4) is 0 Å². The number of aromatic nitrogens is 3. The molecule has 5 heteroatoms. The molecule has 0 spiro atoms. The predicted molar refractivity (Wildman–Crippen MR) is 69.3 cm³/mol. The minimum Gasteiger partial charge on any atom is -0.370 e. The maximum atomic E-state index is 8.93. The van der Waals surface area contributed by atoms with Gasteiger partial charge in [0.25, 0.3) is 0 Å². The van der Waals surface area contributed by atoms with Crippen molar-refractivity contribution < 1.29 is 0 Å². The van der Waals surface area contributed by atoms with E-state index >= 15 is 0 Å². The van der Waals surface area contributed by atoms with Crippen LogP contribution >= 0.6 is 0 Å². The molecule has 1 aliphatic heterocycles. The molecule has 0 saturated carbocycles. The molecule has 96 valence electrons. The molecule has 0 radical (unpaired) electrons. The molecule has 0 N–H and O–H groups in total. The summed E-state index contributed by atoms with van der Waals surface area (Å²) in [6, 6.07) is 2.36. The number of nitrogens with zero attached hydrogens (tertiary/aromatic N) is 5. The van der Waals surface area contributed by atoms with Crippen molar-refractivity contribution in [1.29, 1.82) is 5.26 Å². The summed E-state index contributed by atoms with van der Waals surface area (Å²) in [5.41, 5.74) is 3.16. The summed E-state index contributed by atoms with van der Waals surface area (Å²) in [6.07, 6.45) is 3.96. The number of hydrogen-bond acceptors (Lipinski definition) is 4. The highest BCUT2D eigenvalue weighted by Gasteiger charge is 2.23. The Morgan fingerprint density at radius 1 is 1.44 bits per heavy atom. The smallest absolute Gasteiger partial charge is 0.131 e. The number of piperidine rings is 1. The molecule has 0 aliphatic carbocycles. The predicted octanol–water partition coefficient (Wildman–Crippen LogP) is 1.72. The van der Waals surface area contributed by atoms with Gasteiger partial charge < -0.3 is 4.90 Å². The van der Waals surface area contributed by atoms with Crippen molar-refractivity contribution in [3.63, 3.8) is 0 Å². The first-order valence-corrected chi connectivity index (χ1v) is 6.35. The summed E-state index contributed by atoms with van der Waals surface area (Å²) in [7, 11) is 1.90. The minimum atomic E-state index is 0.210. The molecule has 1 aromatic heterocycles. The van der Waals surface area contributed by atoms with Crippen LogP contribution in [0.25, 0.3) is 5.70 Å². The van der Waals surface area contributed by atoms with Crippen LogP contribution in [-0.2, 0) is 7.05 Å². The number of aryl methyl sites for hydroxylation is 1. The van der Waals surface area contributed by atoms with Gasteiger partial charge in [-0.25, -0.2) is 0 Å². The summed E-state index contributed by atoms with van der Waals surface area (Å²) in [5.74, 6) is 0.210. The van der Waals surface area contributed by atoms with Gasteiger partial charge in [0, 0.05) is 26.1 Å². The van der Waals surface area contributed by atoms with Crippen LogP contribution in [0.4, 0.5) is 0 Å². The van der Waals surface area contributed by atoms with Gasteiger partial charge >= 0.3 is 0 Å². The summed E-state index contributed by atoms with van der Waals surface area (Å²) in [5, 5.41) is 17.2. The fourth-order valence-electron chi connectivity index (χ4n) is 2.36. The SMILES string of the molecule is C/C=C(\c1nnn(C)c1C)N1CCC(C#N)CC1. The van der Waals surface area contributed by atoms with Crippen LogP contribution in [0.15, 0.2) is 6.08 Å². The van der Waals surface area contributed by atoms with Crippen LogP contribution in [-0.4, -0.2) is 33.0 Å². The van der Waals surface area contributed by atoms with Gasteiger partial charge in [0.15, 0.2) is 0 Å². The summed E-state index contributed by atoms with van der Waals surface area (Å²) in [4.78, 5) is 2.31. The molecule has 1 aromatic rings. The van der Waals surface area contributed by atoms with E-state index in [1.807, 2.05) is 20.9 Å². The summed E-state index contributed by atoms with van der Waals surface area (Å²) >= 11 is 0. The third-order valence-corrected chi connectivity index (χ3v) is 3.64. The molecule has 0 atom stereocenters. The topological polar surface area (TPSA) is 57.7 Å². The second-order valence-corrected chi connectivity index (χ2v) is 4.71. The van der Waals surface area contributed by atoms with Gasteiger partial charge in [0.05, 0.1) is 17.5 Å². The summed E-state index contributed by atoms with van der Waals surface area (Å²) in [6.45, 7) is 5.91. The number of likely N-dealkylation sites (tertiary alicyclic amines) is 1. The average Bonchev–Trinajstić information content (AvgIpc) is 2.73. The van der Waals surface area contributed by atoms with Gasteiger partial charge in [0.1, 0.15) is 5.69 Å². The molecule has 0 bridgehead atoms. The first-order valence-electron chi connectivity index (χ1n) is 6.35. The Labute approximate surface area is 108 Å². The molecule has 0 amide bonds. The maximum Gasteiger partial charge on any atom is 0.131 e. The van der Waals surface area contributed by atoms with Crippen LogP contribution in [0.5, 0.6) is 0 Å². The monoisotopic (exact) mass is 245 g/mol. The molecule has 0 unspecified atom stereocenters. The maximum absolute atomic E-state index is 8.93. The molecule has 5 nitrogen and oxygen atoms in total. The Morgan fingerprint density at radius 2 is 2.11 bits per heavy atom. The van der Waals surface area contributed by atoms with Crippen molar-refractivity contribution in [2.24, 2.45) is 13.0 Å². The highest BCUT2D eigenvalue weighted by atomic mass is 15.4. The standard InChI is InChI=1S/C13H19N5/c1-4-12(13-10(2)17(3)16-15-13)18-7-5-11(9-14)6-8-18/h4,11H,5-8H2,1-3H3/b12-4+. The van der Waals surface area contributed by atoms with Gasteiger partial charge in [-0.3, -0.25) is 4.68 Å². The number of allylic oxidation sites excluding steroid dienone is 1. The van der Waals surface area contributed by atoms with E-state index < -0.39 is 0 Å². The van der Waals surface area contributed by atoms with Crippen LogP contribution in [0.1, 0.15) is 31.2 Å². The zero-order valence-electron chi connectivity index (χ0n) is 11.2. The quantitative estimate of drug-likeness (QED) is 0.796. The number of nitriles is 1. The van der Waals surface area contributed by atoms with E-state index in [1.54, 1.807) is 4.68 Å². The van der Waals surface area contributed by atoms with Gasteiger partial charge in [-0.05, 0) is 26.7 Å². The first kappa shape index (κ1) is 12.6. The fourth-order valence-corrected chi connectivity index (χ4v) is 2.36. The van der Waals surface area contributed by atoms with E-state index in [2.05, 4.69) is 27.4 Å². The van der Waals surface area contributed by atoms with E-state index in [9.17, 15) is 0 Å².